The molecule has 0 radical (unpaired) electrons. The highest BCUT2D eigenvalue weighted by Gasteiger charge is 2.18. The zero-order valence-electron chi connectivity index (χ0n) is 14.2. The topological polar surface area (TPSA) is 75.7 Å². The first kappa shape index (κ1) is 18.2. The summed E-state index contributed by atoms with van der Waals surface area (Å²) in [6, 6.07) is 15.6. The van der Waals surface area contributed by atoms with Gasteiger partial charge in [-0.15, -0.1) is 0 Å². The Bertz CT molecular complexity index is 872. The molecule has 0 spiro atoms. The van der Waals surface area contributed by atoms with Crippen LogP contribution in [0.5, 0.6) is 0 Å². The fraction of sp³-hybridized carbons (Fsp3) is 0.211. The summed E-state index contributed by atoms with van der Waals surface area (Å²) in [6.07, 6.45) is 1.53. The van der Waals surface area contributed by atoms with Crippen molar-refractivity contribution in [3.63, 3.8) is 0 Å². The zero-order valence-corrected chi connectivity index (χ0v) is 15.0. The normalized spacial score (nSPS) is 15.2. The first-order valence-corrected chi connectivity index (χ1v) is 9.81. The second-order valence-electron chi connectivity index (χ2n) is 5.84. The number of carbonyl (C=O) groups is 1. The van der Waals surface area contributed by atoms with Gasteiger partial charge in [0.05, 0.1) is 18.6 Å². The molecule has 0 aromatic heterocycles. The number of ether oxygens (including phenoxy) is 1. The zero-order chi connectivity index (χ0) is 18.4. The van der Waals surface area contributed by atoms with Gasteiger partial charge in [0.2, 0.25) is 0 Å². The van der Waals surface area contributed by atoms with Crippen LogP contribution in [0.2, 0.25) is 0 Å². The van der Waals surface area contributed by atoms with Crippen LogP contribution in [0.3, 0.4) is 0 Å². The van der Waals surface area contributed by atoms with Crippen LogP contribution in [0.15, 0.2) is 60.0 Å². The number of nitrogens with one attached hydrogen (secondary N) is 1. The van der Waals surface area contributed by atoms with Gasteiger partial charge >= 0.3 is 0 Å². The second kappa shape index (κ2) is 8.16. The summed E-state index contributed by atoms with van der Waals surface area (Å²) in [6.45, 7) is 2.21. The summed E-state index contributed by atoms with van der Waals surface area (Å²) in [7, 11) is -3.63. The first-order valence-electron chi connectivity index (χ1n) is 8.26. The number of nitrogens with zero attached hydrogens (tertiary/aromatic N) is 1. The maximum atomic E-state index is 12.4. The van der Waals surface area contributed by atoms with E-state index in [1.165, 1.54) is 6.08 Å². The third kappa shape index (κ3) is 4.93. The van der Waals surface area contributed by atoms with Crippen molar-refractivity contribution >= 4 is 27.7 Å². The lowest BCUT2D eigenvalue weighted by atomic mass is 10.2. The van der Waals surface area contributed by atoms with Gasteiger partial charge in [-0.1, -0.05) is 30.3 Å². The van der Waals surface area contributed by atoms with Crippen LogP contribution in [0.25, 0.3) is 6.08 Å². The molecular weight excluding hydrogens is 352 g/mol. The molecule has 1 N–H and O–H groups in total. The Morgan fingerprint density at radius 1 is 1.00 bits per heavy atom. The van der Waals surface area contributed by atoms with E-state index in [9.17, 15) is 13.2 Å². The molecule has 0 atom stereocenters. The van der Waals surface area contributed by atoms with Crippen LogP contribution < -0.4 is 4.72 Å². The smallest absolute Gasteiger partial charge is 0.255 e. The van der Waals surface area contributed by atoms with Crippen LogP contribution in [0, 0.1) is 0 Å². The summed E-state index contributed by atoms with van der Waals surface area (Å²) < 4.78 is 32.0. The molecule has 0 aliphatic carbocycles. The average molecular weight is 372 g/mol. The molecular formula is C19H20N2O4S. The minimum Gasteiger partial charge on any atom is -0.378 e. The summed E-state index contributed by atoms with van der Waals surface area (Å²) in [5, 5.41) is 1.12. The SMILES string of the molecule is O=C(c1ccc(NS(=O)(=O)/C=C/c2ccccc2)cc1)N1CCOCC1. The molecule has 0 unspecified atom stereocenters. The quantitative estimate of drug-likeness (QED) is 0.875. The molecule has 2 aromatic carbocycles. The number of rotatable bonds is 5. The van der Waals surface area contributed by atoms with E-state index in [4.69, 9.17) is 4.74 Å². The Balaban J connectivity index is 1.64. The average Bonchev–Trinajstić information content (AvgIpc) is 2.68. The Hall–Kier alpha value is -2.64. The van der Waals surface area contributed by atoms with E-state index in [0.717, 1.165) is 11.0 Å². The molecule has 1 aliphatic heterocycles. The summed E-state index contributed by atoms with van der Waals surface area (Å²) in [4.78, 5) is 14.1. The molecule has 3 rings (SSSR count). The summed E-state index contributed by atoms with van der Waals surface area (Å²) in [5.74, 6) is -0.0771. The van der Waals surface area contributed by atoms with Gasteiger partial charge in [0.15, 0.2) is 0 Å². The molecule has 0 saturated carbocycles. The predicted octanol–water partition coefficient (Wildman–Crippen LogP) is 2.57. The van der Waals surface area contributed by atoms with Gasteiger partial charge in [-0.2, -0.15) is 0 Å². The molecule has 1 aliphatic rings. The number of morpholine rings is 1. The van der Waals surface area contributed by atoms with E-state index < -0.39 is 10.0 Å². The number of anilines is 1. The van der Waals surface area contributed by atoms with E-state index in [1.54, 1.807) is 29.2 Å². The van der Waals surface area contributed by atoms with Gasteiger partial charge < -0.3 is 9.64 Å². The van der Waals surface area contributed by atoms with Crippen molar-refractivity contribution in [1.82, 2.24) is 4.90 Å². The molecule has 1 fully saturated rings. The van der Waals surface area contributed by atoms with Crippen molar-refractivity contribution < 1.29 is 17.9 Å². The molecule has 0 bridgehead atoms. The van der Waals surface area contributed by atoms with Crippen molar-refractivity contribution in [1.29, 1.82) is 0 Å². The van der Waals surface area contributed by atoms with Gasteiger partial charge in [0.1, 0.15) is 0 Å². The maximum absolute atomic E-state index is 12.4. The largest absolute Gasteiger partial charge is 0.378 e. The Morgan fingerprint density at radius 2 is 1.65 bits per heavy atom. The lowest BCUT2D eigenvalue weighted by Gasteiger charge is -2.26. The number of hydrogen-bond acceptors (Lipinski definition) is 4. The maximum Gasteiger partial charge on any atom is 0.255 e. The molecule has 2 aromatic rings. The second-order valence-corrected chi connectivity index (χ2v) is 7.41. The lowest BCUT2D eigenvalue weighted by molar-refractivity contribution is 0.0303. The minimum absolute atomic E-state index is 0.0771. The van der Waals surface area contributed by atoms with Gasteiger partial charge in [-0.05, 0) is 35.9 Å². The van der Waals surface area contributed by atoms with Gasteiger partial charge in [0, 0.05) is 24.3 Å². The van der Waals surface area contributed by atoms with Crippen molar-refractivity contribution in [3.05, 3.63) is 71.1 Å². The van der Waals surface area contributed by atoms with Crippen molar-refractivity contribution in [2.24, 2.45) is 0 Å². The predicted molar refractivity (Wildman–Crippen MR) is 101 cm³/mol. The van der Waals surface area contributed by atoms with E-state index in [-0.39, 0.29) is 5.91 Å². The van der Waals surface area contributed by atoms with Crippen molar-refractivity contribution in [3.8, 4) is 0 Å². The summed E-state index contributed by atoms with van der Waals surface area (Å²) in [5.41, 5.74) is 1.72. The highest BCUT2D eigenvalue weighted by Crippen LogP contribution is 2.15. The van der Waals surface area contributed by atoms with Crippen LogP contribution in [0.1, 0.15) is 15.9 Å². The molecule has 1 heterocycles. The Kier molecular flexibility index (Phi) is 5.70. The van der Waals surface area contributed by atoms with E-state index >= 15 is 0 Å². The van der Waals surface area contributed by atoms with Crippen LogP contribution in [0.4, 0.5) is 5.69 Å². The molecule has 1 saturated heterocycles. The first-order chi connectivity index (χ1) is 12.5. The lowest BCUT2D eigenvalue weighted by Crippen LogP contribution is -2.40. The van der Waals surface area contributed by atoms with Crippen molar-refractivity contribution in [2.75, 3.05) is 31.0 Å². The Morgan fingerprint density at radius 3 is 2.31 bits per heavy atom. The van der Waals surface area contributed by atoms with E-state index in [1.807, 2.05) is 30.3 Å². The fourth-order valence-corrected chi connectivity index (χ4v) is 3.43. The van der Waals surface area contributed by atoms with Crippen molar-refractivity contribution in [2.45, 2.75) is 0 Å². The van der Waals surface area contributed by atoms with Crippen LogP contribution in [-0.4, -0.2) is 45.5 Å². The van der Waals surface area contributed by atoms with Gasteiger partial charge in [-0.25, -0.2) is 8.42 Å². The minimum atomic E-state index is -3.63. The highest BCUT2D eigenvalue weighted by molar-refractivity contribution is 7.95. The third-order valence-electron chi connectivity index (χ3n) is 3.93. The number of benzene rings is 2. The number of hydrogen-bond donors (Lipinski definition) is 1. The van der Waals surface area contributed by atoms with Gasteiger partial charge in [-0.3, -0.25) is 9.52 Å². The molecule has 136 valence electrons. The van der Waals surface area contributed by atoms with E-state index in [2.05, 4.69) is 4.72 Å². The molecule has 1 amide bonds. The summed E-state index contributed by atoms with van der Waals surface area (Å²) >= 11 is 0. The molecule has 7 heteroatoms. The number of sulfonamides is 1. The standard InChI is InChI=1S/C19H20N2O4S/c22-19(21-11-13-25-14-12-21)17-6-8-18(9-7-17)20-26(23,24)15-10-16-4-2-1-3-5-16/h1-10,15,20H,11-14H2/b15-10+. The van der Waals surface area contributed by atoms with Gasteiger partial charge in [0.25, 0.3) is 15.9 Å². The Labute approximate surface area is 153 Å². The van der Waals surface area contributed by atoms with Crippen LogP contribution in [-0.2, 0) is 14.8 Å². The number of amides is 1. The number of carbonyl (C=O) groups excluding carboxylic acids is 1. The molecule has 26 heavy (non-hydrogen) atoms. The monoisotopic (exact) mass is 372 g/mol. The highest BCUT2D eigenvalue weighted by atomic mass is 32.2. The molecule has 6 nitrogen and oxygen atoms in total. The van der Waals surface area contributed by atoms with Crippen LogP contribution >= 0.6 is 0 Å². The fourth-order valence-electron chi connectivity index (χ4n) is 2.56. The third-order valence-corrected chi connectivity index (χ3v) is 4.94. The van der Waals surface area contributed by atoms with E-state index in [0.29, 0.717) is 37.6 Å².